The first-order chi connectivity index (χ1) is 13.2. The predicted molar refractivity (Wildman–Crippen MR) is 102 cm³/mol. The van der Waals surface area contributed by atoms with E-state index in [1.807, 2.05) is 6.07 Å². The van der Waals surface area contributed by atoms with Crippen LogP contribution in [0.5, 0.6) is 11.5 Å². The van der Waals surface area contributed by atoms with E-state index in [4.69, 9.17) is 9.47 Å². The molecule has 1 aromatic carbocycles. The van der Waals surface area contributed by atoms with E-state index in [0.29, 0.717) is 30.1 Å². The summed E-state index contributed by atoms with van der Waals surface area (Å²) in [5, 5.41) is 0. The van der Waals surface area contributed by atoms with Gasteiger partial charge in [-0.2, -0.15) is 0 Å². The van der Waals surface area contributed by atoms with Gasteiger partial charge in [0.2, 0.25) is 0 Å². The quantitative estimate of drug-likeness (QED) is 0.818. The number of nitrogens with zero attached hydrogens (tertiary/aromatic N) is 1. The molecule has 4 nitrogen and oxygen atoms in total. The molecule has 5 atom stereocenters. The zero-order valence-corrected chi connectivity index (χ0v) is 16.4. The summed E-state index contributed by atoms with van der Waals surface area (Å²) >= 11 is 0. The molecule has 0 radical (unpaired) electrons. The van der Waals surface area contributed by atoms with E-state index in [2.05, 4.69) is 17.9 Å². The molecule has 0 N–H and O–H groups in total. The standard InChI is InChI=1S/C23H29NO3/c1-3-14-11-17(25)22-23-8-9-24(12-13-4-5-13)16(19(14)23)10-15-6-7-18(26-2)21(27-22)20(15)23/h6-7,13-14,16,19,22H,3-5,8-12H2,1-2H3/t14?,16?,19?,22?,23-/m0/s1. The Balaban J connectivity index is 1.55. The van der Waals surface area contributed by atoms with Crippen molar-refractivity contribution in [3.05, 3.63) is 23.3 Å². The van der Waals surface area contributed by atoms with Gasteiger partial charge in [0.1, 0.15) is 0 Å². The molecule has 6 rings (SSSR count). The van der Waals surface area contributed by atoms with Gasteiger partial charge in [-0.1, -0.05) is 19.4 Å². The molecule has 4 heteroatoms. The molecular weight excluding hydrogens is 338 g/mol. The molecule has 3 aliphatic carbocycles. The van der Waals surface area contributed by atoms with Gasteiger partial charge in [0.05, 0.1) is 7.11 Å². The van der Waals surface area contributed by atoms with Crippen molar-refractivity contribution in [1.29, 1.82) is 0 Å². The molecule has 5 aliphatic rings. The fourth-order valence-electron chi connectivity index (χ4n) is 7.06. The number of methoxy groups -OCH3 is 1. The number of hydrogen-bond acceptors (Lipinski definition) is 4. The third-order valence-electron chi connectivity index (χ3n) is 8.29. The first-order valence-corrected chi connectivity index (χ1v) is 10.8. The van der Waals surface area contributed by atoms with E-state index in [0.717, 1.165) is 43.2 Å². The SMILES string of the molecule is CCC1CC(=O)C2Oc3c(OC)ccc4c3[C@@]23CCN(CC2CC2)C(C4)C13. The van der Waals surface area contributed by atoms with Gasteiger partial charge in [0, 0.05) is 30.0 Å². The second-order valence-electron chi connectivity index (χ2n) is 9.49. The van der Waals surface area contributed by atoms with E-state index >= 15 is 0 Å². The van der Waals surface area contributed by atoms with Crippen LogP contribution in [0.15, 0.2) is 12.1 Å². The molecule has 27 heavy (non-hydrogen) atoms. The number of ketones is 1. The molecule has 0 aromatic heterocycles. The minimum Gasteiger partial charge on any atom is -0.493 e. The van der Waals surface area contributed by atoms with Gasteiger partial charge in [-0.3, -0.25) is 9.69 Å². The van der Waals surface area contributed by atoms with Gasteiger partial charge in [-0.15, -0.1) is 0 Å². The lowest BCUT2D eigenvalue weighted by Gasteiger charge is -2.60. The van der Waals surface area contributed by atoms with Crippen molar-refractivity contribution < 1.29 is 14.3 Å². The molecule has 3 fully saturated rings. The van der Waals surface area contributed by atoms with Crippen LogP contribution in [0.4, 0.5) is 0 Å². The summed E-state index contributed by atoms with van der Waals surface area (Å²) in [5.74, 6) is 3.93. The van der Waals surface area contributed by atoms with Gasteiger partial charge in [0.25, 0.3) is 0 Å². The summed E-state index contributed by atoms with van der Waals surface area (Å²) in [6.07, 6.45) is 6.45. The number of rotatable bonds is 4. The highest BCUT2D eigenvalue weighted by atomic mass is 16.5. The molecular formula is C23H29NO3. The fourth-order valence-corrected chi connectivity index (χ4v) is 7.06. The van der Waals surface area contributed by atoms with Crippen molar-refractivity contribution in [1.82, 2.24) is 4.90 Å². The Morgan fingerprint density at radius 1 is 1.30 bits per heavy atom. The van der Waals surface area contributed by atoms with Crippen molar-refractivity contribution in [3.8, 4) is 11.5 Å². The maximum atomic E-state index is 13.2. The zero-order valence-electron chi connectivity index (χ0n) is 16.4. The van der Waals surface area contributed by atoms with Crippen molar-refractivity contribution >= 4 is 5.78 Å². The van der Waals surface area contributed by atoms with Crippen LogP contribution in [0.25, 0.3) is 0 Å². The molecule has 0 amide bonds. The summed E-state index contributed by atoms with van der Waals surface area (Å²) in [7, 11) is 1.71. The molecule has 1 spiro atoms. The Morgan fingerprint density at radius 2 is 2.15 bits per heavy atom. The number of hydrogen-bond donors (Lipinski definition) is 0. The number of likely N-dealkylation sites (tertiary alicyclic amines) is 1. The average molecular weight is 367 g/mol. The molecule has 144 valence electrons. The van der Waals surface area contributed by atoms with Crippen LogP contribution in [0, 0.1) is 17.8 Å². The van der Waals surface area contributed by atoms with Crippen LogP contribution >= 0.6 is 0 Å². The minimum atomic E-state index is -0.291. The highest BCUT2D eigenvalue weighted by Crippen LogP contribution is 2.64. The second-order valence-corrected chi connectivity index (χ2v) is 9.49. The largest absolute Gasteiger partial charge is 0.493 e. The zero-order chi connectivity index (χ0) is 18.3. The highest BCUT2D eigenvalue weighted by Gasteiger charge is 2.68. The predicted octanol–water partition coefficient (Wildman–Crippen LogP) is 3.35. The molecule has 2 bridgehead atoms. The van der Waals surface area contributed by atoms with Crippen molar-refractivity contribution in [2.75, 3.05) is 20.2 Å². The molecule has 1 saturated heterocycles. The number of carbonyl (C=O) groups excluding carboxylic acids is 1. The maximum absolute atomic E-state index is 13.2. The third-order valence-corrected chi connectivity index (χ3v) is 8.29. The Hall–Kier alpha value is -1.55. The van der Waals surface area contributed by atoms with E-state index in [-0.39, 0.29) is 11.5 Å². The fraction of sp³-hybridized carbons (Fsp3) is 0.696. The van der Waals surface area contributed by atoms with Crippen LogP contribution in [0.3, 0.4) is 0 Å². The van der Waals surface area contributed by atoms with Crippen molar-refractivity contribution in [2.45, 2.75) is 63.0 Å². The van der Waals surface area contributed by atoms with Gasteiger partial charge in [-0.25, -0.2) is 0 Å². The van der Waals surface area contributed by atoms with Crippen molar-refractivity contribution in [2.24, 2.45) is 17.8 Å². The van der Waals surface area contributed by atoms with Crippen LogP contribution < -0.4 is 9.47 Å². The number of ether oxygens (including phenoxy) is 2. The first-order valence-electron chi connectivity index (χ1n) is 10.8. The molecule has 4 unspecified atom stereocenters. The number of benzene rings is 1. The van der Waals surface area contributed by atoms with E-state index < -0.39 is 0 Å². The Labute approximate surface area is 161 Å². The number of Topliss-reactive ketones (excluding diaryl/α,β-unsaturated/α-hetero) is 1. The Kier molecular flexibility index (Phi) is 3.34. The van der Waals surface area contributed by atoms with Crippen LogP contribution in [-0.4, -0.2) is 43.0 Å². The lowest BCUT2D eigenvalue weighted by atomic mass is 9.48. The lowest BCUT2D eigenvalue weighted by Crippen LogP contribution is -2.68. The van der Waals surface area contributed by atoms with Crippen LogP contribution in [-0.2, 0) is 16.6 Å². The van der Waals surface area contributed by atoms with Gasteiger partial charge < -0.3 is 9.47 Å². The highest BCUT2D eigenvalue weighted by molar-refractivity contribution is 5.89. The van der Waals surface area contributed by atoms with E-state index in [1.165, 1.54) is 30.5 Å². The molecule has 2 heterocycles. The maximum Gasteiger partial charge on any atom is 0.174 e. The van der Waals surface area contributed by atoms with Gasteiger partial charge in [-0.05, 0) is 61.6 Å². The minimum absolute atomic E-state index is 0.113. The van der Waals surface area contributed by atoms with Crippen LogP contribution in [0.1, 0.15) is 50.2 Å². The third kappa shape index (κ3) is 2.00. The number of piperidine rings is 1. The summed E-state index contributed by atoms with van der Waals surface area (Å²) in [6, 6.07) is 4.86. The summed E-state index contributed by atoms with van der Waals surface area (Å²) in [6.45, 7) is 4.64. The Bertz CT molecular complexity index is 816. The number of carbonyl (C=O) groups is 1. The van der Waals surface area contributed by atoms with E-state index in [1.54, 1.807) is 7.11 Å². The van der Waals surface area contributed by atoms with Crippen LogP contribution in [0.2, 0.25) is 0 Å². The smallest absolute Gasteiger partial charge is 0.174 e. The average Bonchev–Trinajstić information content (AvgIpc) is 3.42. The van der Waals surface area contributed by atoms with Gasteiger partial charge in [0.15, 0.2) is 23.4 Å². The lowest BCUT2D eigenvalue weighted by molar-refractivity contribution is -0.145. The summed E-state index contributed by atoms with van der Waals surface area (Å²) in [5.41, 5.74) is 2.63. The molecule has 2 aliphatic heterocycles. The second kappa shape index (κ2) is 5.50. The molecule has 1 aromatic rings. The monoisotopic (exact) mass is 367 g/mol. The molecule has 2 saturated carbocycles. The van der Waals surface area contributed by atoms with E-state index in [9.17, 15) is 4.79 Å². The first kappa shape index (κ1) is 16.4. The normalized spacial score (nSPS) is 39.1. The topological polar surface area (TPSA) is 38.8 Å². The summed E-state index contributed by atoms with van der Waals surface area (Å²) in [4.78, 5) is 16.0. The summed E-state index contributed by atoms with van der Waals surface area (Å²) < 4.78 is 12.1. The van der Waals surface area contributed by atoms with Crippen molar-refractivity contribution in [3.63, 3.8) is 0 Å². The van der Waals surface area contributed by atoms with Gasteiger partial charge >= 0.3 is 0 Å². The Morgan fingerprint density at radius 3 is 2.89 bits per heavy atom.